The Kier molecular flexibility index (Phi) is 6.56. The van der Waals surface area contributed by atoms with E-state index in [4.69, 9.17) is 4.74 Å². The van der Waals surface area contributed by atoms with Crippen LogP contribution in [0.3, 0.4) is 0 Å². The van der Waals surface area contributed by atoms with Gasteiger partial charge < -0.3 is 15.4 Å². The summed E-state index contributed by atoms with van der Waals surface area (Å²) in [6.45, 7) is 1.31. The van der Waals surface area contributed by atoms with Gasteiger partial charge in [-0.05, 0) is 29.2 Å². The van der Waals surface area contributed by atoms with Crippen molar-refractivity contribution < 1.29 is 13.9 Å². The lowest BCUT2D eigenvalue weighted by Gasteiger charge is -2.11. The molecule has 2 aromatic carbocycles. The van der Waals surface area contributed by atoms with E-state index in [1.165, 1.54) is 6.07 Å². The van der Waals surface area contributed by atoms with E-state index >= 15 is 0 Å². The molecule has 0 atom stereocenters. The Hall–Kier alpha value is -2.40. The SMILES string of the molecule is COCc1ccccc1CNC(=O)NCCc1ccccc1F. The zero-order valence-corrected chi connectivity index (χ0v) is 13.1. The summed E-state index contributed by atoms with van der Waals surface area (Å²) in [7, 11) is 1.64. The first-order chi connectivity index (χ1) is 11.2. The standard InChI is InChI=1S/C18H21FN2O2/c1-23-13-16-8-3-2-7-15(16)12-21-18(22)20-11-10-14-6-4-5-9-17(14)19/h2-9H,10-13H2,1H3,(H2,20,21,22). The number of benzene rings is 2. The molecule has 122 valence electrons. The molecule has 0 aliphatic carbocycles. The molecule has 0 aliphatic rings. The van der Waals surface area contributed by atoms with Crippen LogP contribution in [0.25, 0.3) is 0 Å². The zero-order chi connectivity index (χ0) is 16.5. The molecule has 2 rings (SSSR count). The van der Waals surface area contributed by atoms with E-state index in [1.54, 1.807) is 25.3 Å². The lowest BCUT2D eigenvalue weighted by Crippen LogP contribution is -2.36. The molecular formula is C18H21FN2O2. The van der Waals surface area contributed by atoms with Crippen molar-refractivity contribution in [3.63, 3.8) is 0 Å². The number of methoxy groups -OCH3 is 1. The first-order valence-corrected chi connectivity index (χ1v) is 7.51. The predicted octanol–water partition coefficient (Wildman–Crippen LogP) is 3.01. The maximum Gasteiger partial charge on any atom is 0.315 e. The van der Waals surface area contributed by atoms with Gasteiger partial charge in [0.2, 0.25) is 0 Å². The molecule has 0 aliphatic heterocycles. The average molecular weight is 316 g/mol. The Morgan fingerprint density at radius 2 is 1.65 bits per heavy atom. The van der Waals surface area contributed by atoms with Gasteiger partial charge in [-0.3, -0.25) is 0 Å². The van der Waals surface area contributed by atoms with Crippen LogP contribution in [0.5, 0.6) is 0 Å². The third-order valence-electron chi connectivity index (χ3n) is 3.50. The third kappa shape index (κ3) is 5.38. The van der Waals surface area contributed by atoms with Crippen LogP contribution in [0.2, 0.25) is 0 Å². The van der Waals surface area contributed by atoms with E-state index in [1.807, 2.05) is 24.3 Å². The summed E-state index contributed by atoms with van der Waals surface area (Å²) in [4.78, 5) is 11.8. The van der Waals surface area contributed by atoms with E-state index in [0.717, 1.165) is 11.1 Å². The third-order valence-corrected chi connectivity index (χ3v) is 3.50. The number of carbonyl (C=O) groups is 1. The molecule has 0 heterocycles. The van der Waals surface area contributed by atoms with Crippen LogP contribution in [0.4, 0.5) is 9.18 Å². The second-order valence-corrected chi connectivity index (χ2v) is 5.15. The van der Waals surface area contributed by atoms with Gasteiger partial charge in [-0.2, -0.15) is 0 Å². The summed E-state index contributed by atoms with van der Waals surface area (Å²) in [5.74, 6) is -0.247. The monoisotopic (exact) mass is 316 g/mol. The summed E-state index contributed by atoms with van der Waals surface area (Å²) in [6, 6.07) is 14.1. The molecule has 0 saturated heterocycles. The van der Waals surface area contributed by atoms with Crippen LogP contribution in [0.15, 0.2) is 48.5 Å². The number of hydrogen-bond donors (Lipinski definition) is 2. The molecule has 5 heteroatoms. The molecule has 2 aromatic rings. The Bertz CT molecular complexity index is 646. The molecule has 0 aromatic heterocycles. The maximum absolute atomic E-state index is 13.5. The molecule has 23 heavy (non-hydrogen) atoms. The molecular weight excluding hydrogens is 295 g/mol. The fourth-order valence-electron chi connectivity index (χ4n) is 2.28. The van der Waals surface area contributed by atoms with Crippen molar-refractivity contribution in [2.24, 2.45) is 0 Å². The van der Waals surface area contributed by atoms with Crippen LogP contribution in [-0.4, -0.2) is 19.7 Å². The van der Waals surface area contributed by atoms with Crippen molar-refractivity contribution >= 4 is 6.03 Å². The largest absolute Gasteiger partial charge is 0.380 e. The molecule has 4 nitrogen and oxygen atoms in total. The fraction of sp³-hybridized carbons (Fsp3) is 0.278. The summed E-state index contributed by atoms with van der Waals surface area (Å²) >= 11 is 0. The molecule has 0 spiro atoms. The van der Waals surface area contributed by atoms with E-state index < -0.39 is 0 Å². The van der Waals surface area contributed by atoms with Crippen molar-refractivity contribution in [2.75, 3.05) is 13.7 Å². The van der Waals surface area contributed by atoms with Gasteiger partial charge in [-0.1, -0.05) is 42.5 Å². The number of ether oxygens (including phenoxy) is 1. The molecule has 0 saturated carbocycles. The summed E-state index contributed by atoms with van der Waals surface area (Å²) in [6.07, 6.45) is 0.459. The number of urea groups is 1. The highest BCUT2D eigenvalue weighted by Gasteiger charge is 2.05. The second kappa shape index (κ2) is 8.90. The van der Waals surface area contributed by atoms with Crippen LogP contribution in [0, 0.1) is 5.82 Å². The van der Waals surface area contributed by atoms with Crippen LogP contribution >= 0.6 is 0 Å². The smallest absolute Gasteiger partial charge is 0.315 e. The molecule has 0 bridgehead atoms. The number of carbonyl (C=O) groups excluding carboxylic acids is 1. The number of nitrogens with one attached hydrogen (secondary N) is 2. The van der Waals surface area contributed by atoms with Gasteiger partial charge in [0.1, 0.15) is 5.82 Å². The normalized spacial score (nSPS) is 10.3. The van der Waals surface area contributed by atoms with Gasteiger partial charge in [-0.15, -0.1) is 0 Å². The van der Waals surface area contributed by atoms with E-state index in [2.05, 4.69) is 10.6 Å². The lowest BCUT2D eigenvalue weighted by molar-refractivity contribution is 0.184. The van der Waals surface area contributed by atoms with Gasteiger partial charge in [0.25, 0.3) is 0 Å². The number of hydrogen-bond acceptors (Lipinski definition) is 2. The van der Waals surface area contributed by atoms with Crippen molar-refractivity contribution in [1.29, 1.82) is 0 Å². The second-order valence-electron chi connectivity index (χ2n) is 5.15. The van der Waals surface area contributed by atoms with E-state index in [0.29, 0.717) is 31.7 Å². The highest BCUT2D eigenvalue weighted by atomic mass is 19.1. The van der Waals surface area contributed by atoms with E-state index in [-0.39, 0.29) is 11.8 Å². The van der Waals surface area contributed by atoms with Crippen molar-refractivity contribution in [3.05, 3.63) is 71.0 Å². The van der Waals surface area contributed by atoms with Gasteiger partial charge in [0.05, 0.1) is 6.61 Å². The minimum atomic E-state index is -0.270. The zero-order valence-electron chi connectivity index (χ0n) is 13.1. The fourth-order valence-corrected chi connectivity index (χ4v) is 2.28. The maximum atomic E-state index is 13.5. The topological polar surface area (TPSA) is 50.4 Å². The Balaban J connectivity index is 1.76. The van der Waals surface area contributed by atoms with Gasteiger partial charge in [-0.25, -0.2) is 9.18 Å². The van der Waals surface area contributed by atoms with Crippen molar-refractivity contribution in [3.8, 4) is 0 Å². The van der Waals surface area contributed by atoms with Gasteiger partial charge in [0.15, 0.2) is 0 Å². The average Bonchev–Trinajstić information content (AvgIpc) is 2.56. The van der Waals surface area contributed by atoms with E-state index in [9.17, 15) is 9.18 Å². The number of halogens is 1. The Morgan fingerprint density at radius 3 is 2.35 bits per heavy atom. The molecule has 0 fully saturated rings. The van der Waals surface area contributed by atoms with Crippen LogP contribution in [-0.2, 0) is 24.3 Å². The number of rotatable bonds is 7. The first-order valence-electron chi connectivity index (χ1n) is 7.51. The van der Waals surface area contributed by atoms with Gasteiger partial charge >= 0.3 is 6.03 Å². The molecule has 0 unspecified atom stereocenters. The van der Waals surface area contributed by atoms with Crippen molar-refractivity contribution in [1.82, 2.24) is 10.6 Å². The minimum Gasteiger partial charge on any atom is -0.380 e. The molecule has 2 N–H and O–H groups in total. The first kappa shape index (κ1) is 17.0. The van der Waals surface area contributed by atoms with Crippen LogP contribution < -0.4 is 10.6 Å². The van der Waals surface area contributed by atoms with Crippen LogP contribution in [0.1, 0.15) is 16.7 Å². The Labute approximate surface area is 135 Å². The Morgan fingerprint density at radius 1 is 1.00 bits per heavy atom. The highest BCUT2D eigenvalue weighted by Crippen LogP contribution is 2.09. The minimum absolute atomic E-state index is 0.247. The summed E-state index contributed by atoms with van der Waals surface area (Å²) in [5.41, 5.74) is 2.65. The molecule has 0 radical (unpaired) electrons. The quantitative estimate of drug-likeness (QED) is 0.825. The predicted molar refractivity (Wildman–Crippen MR) is 87.5 cm³/mol. The number of amides is 2. The summed E-state index contributed by atoms with van der Waals surface area (Å²) in [5, 5.41) is 5.53. The lowest BCUT2D eigenvalue weighted by atomic mass is 10.1. The summed E-state index contributed by atoms with van der Waals surface area (Å²) < 4.78 is 18.6. The van der Waals surface area contributed by atoms with Crippen molar-refractivity contribution in [2.45, 2.75) is 19.6 Å². The molecule has 2 amide bonds. The van der Waals surface area contributed by atoms with Gasteiger partial charge in [0, 0.05) is 20.2 Å². The highest BCUT2D eigenvalue weighted by molar-refractivity contribution is 5.73.